The minimum atomic E-state index is 0.0901. The van der Waals surface area contributed by atoms with Gasteiger partial charge in [-0.15, -0.1) is 0 Å². The highest BCUT2D eigenvalue weighted by Crippen LogP contribution is 2.31. The van der Waals surface area contributed by atoms with Crippen LogP contribution >= 0.6 is 0 Å². The molecular formula is C17H30N2. The van der Waals surface area contributed by atoms with Crippen LogP contribution in [0.4, 0.5) is 0 Å². The molecule has 1 atom stereocenters. The molecule has 0 aliphatic heterocycles. The Morgan fingerprint density at radius 3 is 2.21 bits per heavy atom. The van der Waals surface area contributed by atoms with Gasteiger partial charge < -0.3 is 11.5 Å². The van der Waals surface area contributed by atoms with E-state index in [0.29, 0.717) is 0 Å². The third kappa shape index (κ3) is 4.96. The zero-order chi connectivity index (χ0) is 14.5. The largest absolute Gasteiger partial charge is 0.330 e. The number of nitrogens with two attached hydrogens (primary N) is 2. The van der Waals surface area contributed by atoms with E-state index in [-0.39, 0.29) is 11.5 Å². The fourth-order valence-corrected chi connectivity index (χ4v) is 2.29. The average molecular weight is 262 g/mol. The van der Waals surface area contributed by atoms with Crippen molar-refractivity contribution >= 4 is 0 Å². The summed E-state index contributed by atoms with van der Waals surface area (Å²) in [6.45, 7) is 9.58. The van der Waals surface area contributed by atoms with Crippen LogP contribution in [0.15, 0.2) is 18.2 Å². The minimum Gasteiger partial charge on any atom is -0.330 e. The van der Waals surface area contributed by atoms with Crippen molar-refractivity contribution in [2.45, 2.75) is 59.4 Å². The highest BCUT2D eigenvalue weighted by Gasteiger charge is 2.22. The topological polar surface area (TPSA) is 52.0 Å². The van der Waals surface area contributed by atoms with Crippen molar-refractivity contribution in [3.8, 4) is 0 Å². The summed E-state index contributed by atoms with van der Waals surface area (Å²) in [7, 11) is 0. The fraction of sp³-hybridized carbons (Fsp3) is 0.647. The first-order valence-corrected chi connectivity index (χ1v) is 7.47. The van der Waals surface area contributed by atoms with Gasteiger partial charge in [-0.1, -0.05) is 45.9 Å². The van der Waals surface area contributed by atoms with E-state index in [9.17, 15) is 0 Å². The normalized spacial score (nSPS) is 13.6. The molecular weight excluding hydrogens is 232 g/mol. The second-order valence-electron chi connectivity index (χ2n) is 6.53. The molecule has 0 saturated carbocycles. The van der Waals surface area contributed by atoms with Gasteiger partial charge in [0.1, 0.15) is 0 Å². The van der Waals surface area contributed by atoms with Crippen LogP contribution in [0.3, 0.4) is 0 Å². The summed E-state index contributed by atoms with van der Waals surface area (Å²) >= 11 is 0. The first kappa shape index (κ1) is 16.2. The molecule has 19 heavy (non-hydrogen) atoms. The smallest absolute Gasteiger partial charge is 0.0344 e. The lowest BCUT2D eigenvalue weighted by Gasteiger charge is -2.28. The van der Waals surface area contributed by atoms with E-state index in [2.05, 4.69) is 45.9 Å². The molecule has 0 bridgehead atoms. The molecule has 0 aromatic heterocycles. The lowest BCUT2D eigenvalue weighted by molar-refractivity contribution is 0.326. The van der Waals surface area contributed by atoms with Crippen LogP contribution in [0.2, 0.25) is 0 Å². The maximum atomic E-state index is 6.40. The molecule has 0 aliphatic rings. The van der Waals surface area contributed by atoms with Crippen molar-refractivity contribution in [1.29, 1.82) is 0 Å². The predicted octanol–water partition coefficient (Wildman–Crippen LogP) is 3.58. The number of aryl methyl sites for hydroxylation is 2. The first-order valence-electron chi connectivity index (χ1n) is 7.47. The predicted molar refractivity (Wildman–Crippen MR) is 84.2 cm³/mol. The lowest BCUT2D eigenvalue weighted by Crippen LogP contribution is -2.26. The van der Waals surface area contributed by atoms with Crippen molar-refractivity contribution in [1.82, 2.24) is 0 Å². The molecule has 1 rings (SSSR count). The maximum absolute atomic E-state index is 6.40. The Morgan fingerprint density at radius 1 is 1.05 bits per heavy atom. The maximum Gasteiger partial charge on any atom is 0.0344 e. The molecule has 108 valence electrons. The lowest BCUT2D eigenvalue weighted by atomic mass is 9.82. The van der Waals surface area contributed by atoms with E-state index in [0.717, 1.165) is 32.2 Å². The van der Waals surface area contributed by atoms with Crippen molar-refractivity contribution in [2.24, 2.45) is 16.9 Å². The summed E-state index contributed by atoms with van der Waals surface area (Å²) in [5.74, 6) is 0. The molecule has 4 N–H and O–H groups in total. The van der Waals surface area contributed by atoms with Crippen LogP contribution in [0.5, 0.6) is 0 Å². The van der Waals surface area contributed by atoms with Crippen LogP contribution in [-0.4, -0.2) is 6.54 Å². The Hall–Kier alpha value is -0.860. The van der Waals surface area contributed by atoms with Crippen molar-refractivity contribution in [2.75, 3.05) is 6.54 Å². The highest BCUT2D eigenvalue weighted by molar-refractivity contribution is 5.33. The second-order valence-corrected chi connectivity index (χ2v) is 6.53. The fourth-order valence-electron chi connectivity index (χ4n) is 2.29. The molecule has 0 fully saturated rings. The van der Waals surface area contributed by atoms with Gasteiger partial charge in [-0.2, -0.15) is 0 Å². The van der Waals surface area contributed by atoms with Crippen molar-refractivity contribution < 1.29 is 0 Å². The van der Waals surface area contributed by atoms with Gasteiger partial charge in [0.2, 0.25) is 0 Å². The molecule has 0 amide bonds. The van der Waals surface area contributed by atoms with Gasteiger partial charge in [0.05, 0.1) is 0 Å². The van der Waals surface area contributed by atoms with Crippen LogP contribution in [0, 0.1) is 5.41 Å². The van der Waals surface area contributed by atoms with E-state index in [1.165, 1.54) is 16.7 Å². The number of rotatable bonds is 6. The third-order valence-corrected chi connectivity index (χ3v) is 3.69. The third-order valence-electron chi connectivity index (χ3n) is 3.69. The standard InChI is InChI=1S/C17H30N2/c1-5-13-10-14(8-6-7-9-18)12-15(11-13)16(19)17(2,3)4/h10-12,16H,5-9,18-19H2,1-4H3. The number of unbranched alkanes of at least 4 members (excludes halogenated alkanes) is 1. The quantitative estimate of drug-likeness (QED) is 0.770. The van der Waals surface area contributed by atoms with E-state index in [1.807, 2.05) is 0 Å². The Bertz CT molecular complexity index is 391. The van der Waals surface area contributed by atoms with Gasteiger partial charge in [-0.3, -0.25) is 0 Å². The minimum absolute atomic E-state index is 0.0901. The molecule has 0 radical (unpaired) electrons. The van der Waals surface area contributed by atoms with Crippen LogP contribution in [0.25, 0.3) is 0 Å². The zero-order valence-electron chi connectivity index (χ0n) is 13.0. The Kier molecular flexibility index (Phi) is 6.02. The molecule has 1 aromatic carbocycles. The van der Waals surface area contributed by atoms with E-state index < -0.39 is 0 Å². The van der Waals surface area contributed by atoms with Gasteiger partial charge in [0.15, 0.2) is 0 Å². The first-order chi connectivity index (χ1) is 8.88. The molecule has 1 unspecified atom stereocenters. The van der Waals surface area contributed by atoms with Gasteiger partial charge in [0.25, 0.3) is 0 Å². The number of hydrogen-bond donors (Lipinski definition) is 2. The molecule has 0 saturated heterocycles. The van der Waals surface area contributed by atoms with Crippen LogP contribution < -0.4 is 11.5 Å². The number of benzene rings is 1. The SMILES string of the molecule is CCc1cc(CCCCN)cc(C(N)C(C)(C)C)c1. The summed E-state index contributed by atoms with van der Waals surface area (Å²) in [4.78, 5) is 0. The number of hydrogen-bond acceptors (Lipinski definition) is 2. The Balaban J connectivity index is 2.95. The van der Waals surface area contributed by atoms with Gasteiger partial charge in [-0.25, -0.2) is 0 Å². The van der Waals surface area contributed by atoms with E-state index in [1.54, 1.807) is 0 Å². The van der Waals surface area contributed by atoms with E-state index in [4.69, 9.17) is 11.5 Å². The van der Waals surface area contributed by atoms with Crippen LogP contribution in [0.1, 0.15) is 63.3 Å². The second kappa shape index (κ2) is 7.06. The Labute approximate surface area is 118 Å². The molecule has 0 heterocycles. The van der Waals surface area contributed by atoms with Gasteiger partial charge in [0, 0.05) is 6.04 Å². The Morgan fingerprint density at radius 2 is 1.68 bits per heavy atom. The van der Waals surface area contributed by atoms with Gasteiger partial charge >= 0.3 is 0 Å². The molecule has 1 aromatic rings. The summed E-state index contributed by atoms with van der Waals surface area (Å²) in [6.07, 6.45) is 4.42. The molecule has 2 heteroatoms. The summed E-state index contributed by atoms with van der Waals surface area (Å²) in [5.41, 5.74) is 16.1. The van der Waals surface area contributed by atoms with Crippen molar-refractivity contribution in [3.05, 3.63) is 34.9 Å². The summed E-state index contributed by atoms with van der Waals surface area (Å²) < 4.78 is 0. The summed E-state index contributed by atoms with van der Waals surface area (Å²) in [5, 5.41) is 0. The van der Waals surface area contributed by atoms with E-state index >= 15 is 0 Å². The van der Waals surface area contributed by atoms with Crippen LogP contribution in [-0.2, 0) is 12.8 Å². The zero-order valence-corrected chi connectivity index (χ0v) is 13.0. The monoisotopic (exact) mass is 262 g/mol. The highest BCUT2D eigenvalue weighted by atomic mass is 14.7. The average Bonchev–Trinajstić information content (AvgIpc) is 2.36. The van der Waals surface area contributed by atoms with Gasteiger partial charge in [-0.05, 0) is 54.3 Å². The molecule has 0 aliphatic carbocycles. The molecule has 2 nitrogen and oxygen atoms in total. The molecule has 0 spiro atoms. The van der Waals surface area contributed by atoms with Crippen molar-refractivity contribution in [3.63, 3.8) is 0 Å². The summed E-state index contributed by atoms with van der Waals surface area (Å²) in [6, 6.07) is 6.95.